The molecule has 0 aliphatic heterocycles. The molecule has 2 rings (SSSR count). The van der Waals surface area contributed by atoms with Gasteiger partial charge in [0.1, 0.15) is 18.1 Å². The number of benzene rings is 2. The highest BCUT2D eigenvalue weighted by Crippen LogP contribution is 2.27. The average molecular weight is 359 g/mol. The van der Waals surface area contributed by atoms with E-state index in [0.29, 0.717) is 36.8 Å². The van der Waals surface area contributed by atoms with Crippen molar-refractivity contribution >= 4 is 5.91 Å². The van der Waals surface area contributed by atoms with Crippen molar-refractivity contribution in [1.29, 1.82) is 0 Å². The molecule has 0 unspecified atom stereocenters. The summed E-state index contributed by atoms with van der Waals surface area (Å²) < 4.78 is 21.8. The van der Waals surface area contributed by atoms with E-state index in [1.165, 1.54) is 0 Å². The highest BCUT2D eigenvalue weighted by molar-refractivity contribution is 5.81. The van der Waals surface area contributed by atoms with E-state index in [2.05, 4.69) is 5.32 Å². The minimum absolute atomic E-state index is 0.187. The van der Waals surface area contributed by atoms with Crippen molar-refractivity contribution < 1.29 is 23.7 Å². The predicted molar refractivity (Wildman–Crippen MR) is 99.2 cm³/mol. The number of para-hydroxylation sites is 2. The first-order valence-electron chi connectivity index (χ1n) is 8.52. The monoisotopic (exact) mass is 359 g/mol. The Bertz CT molecular complexity index is 704. The number of ether oxygens (including phenoxy) is 4. The standard InChI is InChI=1S/C20H25NO5/c1-4-17(26-19-11-6-5-10-18(19)24-3)20(22)21-12-13-25-16-9-7-8-15(14-16)23-2/h5-11,14,17H,4,12-13H2,1-3H3,(H,21,22)/t17-/m0/s1. The number of carbonyl (C=O) groups is 1. The molecule has 1 amide bonds. The largest absolute Gasteiger partial charge is 0.497 e. The van der Waals surface area contributed by atoms with Crippen LogP contribution >= 0.6 is 0 Å². The van der Waals surface area contributed by atoms with Gasteiger partial charge in [0.15, 0.2) is 17.6 Å². The lowest BCUT2D eigenvalue weighted by molar-refractivity contribution is -0.128. The Morgan fingerprint density at radius 1 is 1.00 bits per heavy atom. The zero-order valence-corrected chi connectivity index (χ0v) is 15.4. The van der Waals surface area contributed by atoms with Crippen LogP contribution in [0.25, 0.3) is 0 Å². The van der Waals surface area contributed by atoms with Gasteiger partial charge in [-0.3, -0.25) is 4.79 Å². The van der Waals surface area contributed by atoms with E-state index in [-0.39, 0.29) is 5.91 Å². The maximum atomic E-state index is 12.3. The Hall–Kier alpha value is -2.89. The van der Waals surface area contributed by atoms with Gasteiger partial charge in [-0.15, -0.1) is 0 Å². The van der Waals surface area contributed by atoms with E-state index in [1.54, 1.807) is 32.4 Å². The van der Waals surface area contributed by atoms with Crippen LogP contribution in [0.3, 0.4) is 0 Å². The fraction of sp³-hybridized carbons (Fsp3) is 0.350. The zero-order valence-electron chi connectivity index (χ0n) is 15.4. The molecule has 0 aliphatic rings. The fourth-order valence-corrected chi connectivity index (χ4v) is 2.34. The summed E-state index contributed by atoms with van der Waals surface area (Å²) in [5.74, 6) is 2.37. The maximum absolute atomic E-state index is 12.3. The third-order valence-electron chi connectivity index (χ3n) is 3.71. The molecule has 2 aromatic rings. The summed E-state index contributed by atoms with van der Waals surface area (Å²) in [7, 11) is 3.17. The van der Waals surface area contributed by atoms with E-state index in [0.717, 1.165) is 5.75 Å². The highest BCUT2D eigenvalue weighted by atomic mass is 16.5. The maximum Gasteiger partial charge on any atom is 0.261 e. The summed E-state index contributed by atoms with van der Waals surface area (Å²) in [5, 5.41) is 2.83. The van der Waals surface area contributed by atoms with Crippen LogP contribution in [0.2, 0.25) is 0 Å². The summed E-state index contributed by atoms with van der Waals surface area (Å²) in [6.07, 6.45) is -0.0520. The van der Waals surface area contributed by atoms with Crippen molar-refractivity contribution in [2.45, 2.75) is 19.4 Å². The van der Waals surface area contributed by atoms with Gasteiger partial charge >= 0.3 is 0 Å². The van der Waals surface area contributed by atoms with Crippen molar-refractivity contribution in [2.24, 2.45) is 0 Å². The lowest BCUT2D eigenvalue weighted by Crippen LogP contribution is -2.39. The number of amides is 1. The van der Waals surface area contributed by atoms with Crippen molar-refractivity contribution in [3.05, 3.63) is 48.5 Å². The molecule has 0 spiro atoms. The van der Waals surface area contributed by atoms with Gasteiger partial charge in [0.2, 0.25) is 0 Å². The van der Waals surface area contributed by atoms with Crippen LogP contribution in [0, 0.1) is 0 Å². The number of hydrogen-bond donors (Lipinski definition) is 1. The quantitative estimate of drug-likeness (QED) is 0.661. The van der Waals surface area contributed by atoms with Gasteiger partial charge in [0.05, 0.1) is 20.8 Å². The van der Waals surface area contributed by atoms with E-state index in [4.69, 9.17) is 18.9 Å². The van der Waals surface area contributed by atoms with E-state index in [1.807, 2.05) is 37.3 Å². The van der Waals surface area contributed by atoms with Crippen LogP contribution in [0.15, 0.2) is 48.5 Å². The first-order chi connectivity index (χ1) is 12.7. The minimum Gasteiger partial charge on any atom is -0.497 e. The van der Waals surface area contributed by atoms with Crippen LogP contribution in [-0.2, 0) is 4.79 Å². The van der Waals surface area contributed by atoms with Crippen LogP contribution in [0.4, 0.5) is 0 Å². The first kappa shape index (κ1) is 19.4. The molecule has 0 fully saturated rings. The van der Waals surface area contributed by atoms with Crippen molar-refractivity contribution in [3.8, 4) is 23.0 Å². The van der Waals surface area contributed by atoms with Gasteiger partial charge in [0, 0.05) is 6.07 Å². The lowest BCUT2D eigenvalue weighted by atomic mass is 10.2. The summed E-state index contributed by atoms with van der Waals surface area (Å²) in [4.78, 5) is 12.3. The number of hydrogen-bond acceptors (Lipinski definition) is 5. The van der Waals surface area contributed by atoms with Crippen molar-refractivity contribution in [3.63, 3.8) is 0 Å². The Morgan fingerprint density at radius 2 is 1.73 bits per heavy atom. The van der Waals surface area contributed by atoms with Gasteiger partial charge in [0.25, 0.3) is 5.91 Å². The van der Waals surface area contributed by atoms with Crippen molar-refractivity contribution in [1.82, 2.24) is 5.32 Å². The molecule has 0 heterocycles. The number of rotatable bonds is 10. The Labute approximate surface area is 154 Å². The first-order valence-corrected chi connectivity index (χ1v) is 8.52. The van der Waals surface area contributed by atoms with Gasteiger partial charge in [-0.05, 0) is 30.7 Å². The second kappa shape index (κ2) is 10.2. The van der Waals surface area contributed by atoms with Gasteiger partial charge in [-0.1, -0.05) is 25.1 Å². The molecule has 0 aliphatic carbocycles. The molecule has 0 saturated heterocycles. The minimum atomic E-state index is -0.594. The number of nitrogens with one attached hydrogen (secondary N) is 1. The molecule has 0 aromatic heterocycles. The predicted octanol–water partition coefficient (Wildman–Crippen LogP) is 3.06. The molecule has 1 N–H and O–H groups in total. The Balaban J connectivity index is 1.81. The molecule has 6 heteroatoms. The average Bonchev–Trinajstić information content (AvgIpc) is 2.69. The molecule has 0 bridgehead atoms. The summed E-state index contributed by atoms with van der Waals surface area (Å²) in [5.41, 5.74) is 0. The Kier molecular flexibility index (Phi) is 7.61. The summed E-state index contributed by atoms with van der Waals surface area (Å²) in [6.45, 7) is 2.62. The number of carbonyl (C=O) groups excluding carboxylic acids is 1. The fourth-order valence-electron chi connectivity index (χ4n) is 2.34. The molecule has 0 radical (unpaired) electrons. The molecule has 140 valence electrons. The topological polar surface area (TPSA) is 66.0 Å². The van der Waals surface area contributed by atoms with Gasteiger partial charge in [-0.2, -0.15) is 0 Å². The molecule has 26 heavy (non-hydrogen) atoms. The lowest BCUT2D eigenvalue weighted by Gasteiger charge is -2.19. The number of methoxy groups -OCH3 is 2. The smallest absolute Gasteiger partial charge is 0.261 e. The summed E-state index contributed by atoms with van der Waals surface area (Å²) >= 11 is 0. The third-order valence-corrected chi connectivity index (χ3v) is 3.71. The van der Waals surface area contributed by atoms with Gasteiger partial charge < -0.3 is 24.3 Å². The normalized spacial score (nSPS) is 11.3. The van der Waals surface area contributed by atoms with Crippen LogP contribution < -0.4 is 24.3 Å². The molecular weight excluding hydrogens is 334 g/mol. The van der Waals surface area contributed by atoms with Crippen LogP contribution in [-0.4, -0.2) is 39.4 Å². The molecule has 0 saturated carbocycles. The third kappa shape index (κ3) is 5.58. The van der Waals surface area contributed by atoms with Crippen LogP contribution in [0.1, 0.15) is 13.3 Å². The second-order valence-corrected chi connectivity index (χ2v) is 5.48. The Morgan fingerprint density at radius 3 is 2.42 bits per heavy atom. The van der Waals surface area contributed by atoms with E-state index >= 15 is 0 Å². The van der Waals surface area contributed by atoms with E-state index < -0.39 is 6.10 Å². The highest BCUT2D eigenvalue weighted by Gasteiger charge is 2.19. The van der Waals surface area contributed by atoms with Gasteiger partial charge in [-0.25, -0.2) is 0 Å². The zero-order chi connectivity index (χ0) is 18.8. The molecule has 6 nitrogen and oxygen atoms in total. The second-order valence-electron chi connectivity index (χ2n) is 5.48. The SMILES string of the molecule is CC[C@H](Oc1ccccc1OC)C(=O)NCCOc1cccc(OC)c1. The van der Waals surface area contributed by atoms with E-state index in [9.17, 15) is 4.79 Å². The van der Waals surface area contributed by atoms with Crippen molar-refractivity contribution in [2.75, 3.05) is 27.4 Å². The molecule has 2 aromatic carbocycles. The molecule has 1 atom stereocenters. The summed E-state index contributed by atoms with van der Waals surface area (Å²) in [6, 6.07) is 14.6. The van der Waals surface area contributed by atoms with Crippen LogP contribution in [0.5, 0.6) is 23.0 Å². The molecular formula is C20H25NO5.